The van der Waals surface area contributed by atoms with Crippen LogP contribution in [0.3, 0.4) is 0 Å². The van der Waals surface area contributed by atoms with Crippen molar-refractivity contribution in [3.05, 3.63) is 113 Å². The van der Waals surface area contributed by atoms with Crippen LogP contribution in [0.25, 0.3) is 6.08 Å². The maximum atomic E-state index is 13.2. The molecule has 3 aromatic rings. The Morgan fingerprint density at radius 2 is 1.62 bits per heavy atom. The maximum absolute atomic E-state index is 13.2. The normalized spacial score (nSPS) is 18.8. The largest absolute Gasteiger partial charge is 0.497 e. The van der Waals surface area contributed by atoms with E-state index in [2.05, 4.69) is 0 Å². The van der Waals surface area contributed by atoms with E-state index in [1.165, 1.54) is 16.6 Å². The molecule has 0 aliphatic heterocycles. The summed E-state index contributed by atoms with van der Waals surface area (Å²) >= 11 is 0. The topological polar surface area (TPSA) is 63.7 Å². The van der Waals surface area contributed by atoms with Gasteiger partial charge in [-0.05, 0) is 53.1 Å². The molecule has 6 heteroatoms. The van der Waals surface area contributed by atoms with Crippen molar-refractivity contribution in [3.8, 4) is 5.75 Å². The molecule has 5 nitrogen and oxygen atoms in total. The number of rotatable bonds is 4. The second-order valence-corrected chi connectivity index (χ2v) is 9.73. The molecule has 1 spiro atoms. The van der Waals surface area contributed by atoms with Gasteiger partial charge in [-0.15, -0.1) is 0 Å². The van der Waals surface area contributed by atoms with E-state index in [0.29, 0.717) is 22.7 Å². The molecule has 32 heavy (non-hydrogen) atoms. The molecule has 0 saturated heterocycles. The van der Waals surface area contributed by atoms with E-state index in [1.807, 2.05) is 54.6 Å². The Balaban J connectivity index is 1.87. The van der Waals surface area contributed by atoms with Crippen LogP contribution in [-0.2, 0) is 15.4 Å². The zero-order chi connectivity index (χ0) is 22.5. The lowest BCUT2D eigenvalue weighted by Gasteiger charge is -2.39. The second kappa shape index (κ2) is 7.21. The van der Waals surface area contributed by atoms with Crippen molar-refractivity contribution in [2.45, 2.75) is 5.41 Å². The van der Waals surface area contributed by atoms with Crippen LogP contribution in [0.1, 0.15) is 27.0 Å². The van der Waals surface area contributed by atoms with Crippen LogP contribution in [0.2, 0.25) is 0 Å². The van der Waals surface area contributed by atoms with E-state index < -0.39 is 15.4 Å². The Labute approximate surface area is 187 Å². The lowest BCUT2D eigenvalue weighted by atomic mass is 9.69. The van der Waals surface area contributed by atoms with Crippen LogP contribution in [0.4, 0.5) is 5.69 Å². The molecule has 2 aliphatic rings. The highest BCUT2D eigenvalue weighted by Gasteiger charge is 2.49. The number of ether oxygens (including phenoxy) is 1. The predicted octanol–water partition coefficient (Wildman–Crippen LogP) is 4.55. The van der Waals surface area contributed by atoms with Crippen molar-refractivity contribution in [1.29, 1.82) is 0 Å². The van der Waals surface area contributed by atoms with Gasteiger partial charge in [0.2, 0.25) is 10.0 Å². The third-order valence-corrected chi connectivity index (χ3v) is 7.10. The van der Waals surface area contributed by atoms with Crippen LogP contribution < -0.4 is 9.04 Å². The van der Waals surface area contributed by atoms with Crippen LogP contribution in [0, 0.1) is 0 Å². The van der Waals surface area contributed by atoms with Crippen LogP contribution in [0.15, 0.2) is 90.6 Å². The van der Waals surface area contributed by atoms with Crippen molar-refractivity contribution in [1.82, 2.24) is 0 Å². The second-order valence-electron chi connectivity index (χ2n) is 7.90. The summed E-state index contributed by atoms with van der Waals surface area (Å²) in [4.78, 5) is 12.7. The quantitative estimate of drug-likeness (QED) is 0.593. The van der Waals surface area contributed by atoms with Crippen LogP contribution in [-0.4, -0.2) is 27.6 Å². The molecule has 0 amide bonds. The predicted molar refractivity (Wildman–Crippen MR) is 125 cm³/mol. The fraction of sp³-hybridized carbons (Fsp3) is 0.115. The average Bonchev–Trinajstić information content (AvgIpc) is 3.10. The number of anilines is 1. The first-order chi connectivity index (χ1) is 15.4. The van der Waals surface area contributed by atoms with Gasteiger partial charge in [0.25, 0.3) is 0 Å². The number of sulfonamides is 1. The third-order valence-electron chi connectivity index (χ3n) is 6.02. The van der Waals surface area contributed by atoms with Crippen LogP contribution in [0.5, 0.6) is 5.75 Å². The highest BCUT2D eigenvalue weighted by atomic mass is 32.2. The zero-order valence-electron chi connectivity index (χ0n) is 17.6. The summed E-state index contributed by atoms with van der Waals surface area (Å²) in [5, 5.41) is 0. The first-order valence-corrected chi connectivity index (χ1v) is 12.0. The minimum Gasteiger partial charge on any atom is -0.497 e. The van der Waals surface area contributed by atoms with Gasteiger partial charge in [-0.2, -0.15) is 0 Å². The molecule has 0 bridgehead atoms. The molecule has 1 atom stereocenters. The van der Waals surface area contributed by atoms with Gasteiger partial charge in [0.15, 0.2) is 5.78 Å². The number of para-hydroxylation sites is 1. The number of methoxy groups -OCH3 is 1. The Morgan fingerprint density at radius 1 is 0.906 bits per heavy atom. The SMILES string of the molecule is COc1ccc2c(c1)[C@]1(C=CC(=O)c3ccccc31)C(N(c1ccccc1)S(C)(=O)=O)=C2. The van der Waals surface area contributed by atoms with E-state index in [-0.39, 0.29) is 5.78 Å². The Hall–Kier alpha value is -3.64. The molecule has 0 heterocycles. The summed E-state index contributed by atoms with van der Waals surface area (Å²) < 4.78 is 33.2. The number of hydrogen-bond acceptors (Lipinski definition) is 4. The molecule has 0 radical (unpaired) electrons. The number of carbonyl (C=O) groups excluding carboxylic acids is 1. The maximum Gasteiger partial charge on any atom is 0.236 e. The average molecular weight is 444 g/mol. The van der Waals surface area contributed by atoms with Crippen molar-refractivity contribution in [3.63, 3.8) is 0 Å². The molecule has 2 aliphatic carbocycles. The first-order valence-electron chi connectivity index (χ1n) is 10.2. The van der Waals surface area contributed by atoms with Crippen molar-refractivity contribution >= 4 is 27.6 Å². The monoisotopic (exact) mass is 443 g/mol. The number of carbonyl (C=O) groups is 1. The lowest BCUT2D eigenvalue weighted by Crippen LogP contribution is -2.41. The summed E-state index contributed by atoms with van der Waals surface area (Å²) in [5.41, 5.74) is 3.15. The molecule has 0 saturated carbocycles. The number of hydrogen-bond donors (Lipinski definition) is 0. The van der Waals surface area contributed by atoms with Crippen molar-refractivity contribution < 1.29 is 17.9 Å². The van der Waals surface area contributed by atoms with E-state index in [9.17, 15) is 13.2 Å². The van der Waals surface area contributed by atoms with Gasteiger partial charge in [0.1, 0.15) is 5.75 Å². The molecule has 5 rings (SSSR count). The smallest absolute Gasteiger partial charge is 0.236 e. The summed E-state index contributed by atoms with van der Waals surface area (Å²) in [6.07, 6.45) is 6.44. The fourth-order valence-electron chi connectivity index (χ4n) is 4.70. The van der Waals surface area contributed by atoms with Gasteiger partial charge in [-0.3, -0.25) is 4.79 Å². The molecule has 0 unspecified atom stereocenters. The van der Waals surface area contributed by atoms with Gasteiger partial charge >= 0.3 is 0 Å². The molecule has 0 N–H and O–H groups in total. The summed E-state index contributed by atoms with van der Waals surface area (Å²) in [6, 6.07) is 22.0. The number of ketones is 1. The van der Waals surface area contributed by atoms with E-state index in [4.69, 9.17) is 4.74 Å². The van der Waals surface area contributed by atoms with E-state index in [1.54, 1.807) is 37.4 Å². The number of fused-ring (bicyclic) bond motifs is 4. The molecule has 3 aromatic carbocycles. The van der Waals surface area contributed by atoms with Crippen LogP contribution >= 0.6 is 0 Å². The van der Waals surface area contributed by atoms with Gasteiger partial charge in [0.05, 0.1) is 30.2 Å². The molecule has 0 fully saturated rings. The number of benzene rings is 3. The summed E-state index contributed by atoms with van der Waals surface area (Å²) in [7, 11) is -2.12. The molecule has 0 aromatic heterocycles. The Bertz CT molecular complexity index is 1410. The standard InChI is InChI=1S/C26H21NO4S/c1-31-20-13-12-18-16-25(27(32(2,29)30)19-8-4-3-5-9-19)26(23(18)17-20)15-14-24(28)21-10-6-7-11-22(21)26/h3-17H,1-2H3/t26-/m1/s1. The van der Waals surface area contributed by atoms with Crippen molar-refractivity contribution in [2.75, 3.05) is 17.7 Å². The van der Waals surface area contributed by atoms with Crippen molar-refractivity contribution in [2.24, 2.45) is 0 Å². The van der Waals surface area contributed by atoms with Gasteiger partial charge in [-0.1, -0.05) is 54.6 Å². The highest BCUT2D eigenvalue weighted by Crippen LogP contribution is 2.53. The van der Waals surface area contributed by atoms with Gasteiger partial charge < -0.3 is 4.74 Å². The number of allylic oxidation sites excluding steroid dienone is 2. The molecular weight excluding hydrogens is 422 g/mol. The van der Waals surface area contributed by atoms with Gasteiger partial charge in [0, 0.05) is 5.56 Å². The summed E-state index contributed by atoms with van der Waals surface area (Å²) in [6.45, 7) is 0. The third kappa shape index (κ3) is 2.91. The first kappa shape index (κ1) is 20.3. The van der Waals surface area contributed by atoms with E-state index >= 15 is 0 Å². The summed E-state index contributed by atoms with van der Waals surface area (Å²) in [5.74, 6) is 0.554. The Morgan fingerprint density at radius 3 is 2.34 bits per heavy atom. The highest BCUT2D eigenvalue weighted by molar-refractivity contribution is 7.92. The minimum absolute atomic E-state index is 0.104. The molecular formula is C26H21NO4S. The minimum atomic E-state index is -3.71. The van der Waals surface area contributed by atoms with Gasteiger partial charge in [-0.25, -0.2) is 12.7 Å². The number of nitrogens with zero attached hydrogens (tertiary/aromatic N) is 1. The Kier molecular flexibility index (Phi) is 4.57. The van der Waals surface area contributed by atoms with E-state index in [0.717, 1.165) is 16.7 Å². The zero-order valence-corrected chi connectivity index (χ0v) is 18.5. The lowest BCUT2D eigenvalue weighted by molar-refractivity contribution is 0.104. The fourth-order valence-corrected chi connectivity index (χ4v) is 5.76. The molecule has 160 valence electrons.